The molecule has 2 aromatic rings. The maximum absolute atomic E-state index is 11.6. The highest BCUT2D eigenvalue weighted by atomic mass is 35.5. The molecule has 0 saturated heterocycles. The molecule has 1 amide bonds. The van der Waals surface area contributed by atoms with Crippen LogP contribution in [-0.4, -0.2) is 23.5 Å². The zero-order valence-electron chi connectivity index (χ0n) is 10.9. The minimum absolute atomic E-state index is 0.0472. The zero-order valence-corrected chi connectivity index (χ0v) is 11.7. The van der Waals surface area contributed by atoms with Gasteiger partial charge in [0.1, 0.15) is 0 Å². The highest BCUT2D eigenvalue weighted by Gasteiger charge is 2.07. The van der Waals surface area contributed by atoms with E-state index in [9.17, 15) is 4.79 Å². The van der Waals surface area contributed by atoms with Crippen LogP contribution in [0.4, 0.5) is 5.69 Å². The van der Waals surface area contributed by atoms with Crippen LogP contribution >= 0.6 is 11.6 Å². The maximum atomic E-state index is 11.6. The van der Waals surface area contributed by atoms with Gasteiger partial charge >= 0.3 is 0 Å². The van der Waals surface area contributed by atoms with E-state index < -0.39 is 0 Å². The summed E-state index contributed by atoms with van der Waals surface area (Å²) in [7, 11) is 0. The molecule has 2 N–H and O–H groups in total. The van der Waals surface area contributed by atoms with E-state index in [4.69, 9.17) is 11.6 Å². The van der Waals surface area contributed by atoms with Crippen LogP contribution in [0, 0.1) is 0 Å². The lowest BCUT2D eigenvalue weighted by Crippen LogP contribution is -2.34. The van der Waals surface area contributed by atoms with Crippen LogP contribution < -0.4 is 10.6 Å². The van der Waals surface area contributed by atoms with Gasteiger partial charge in [-0.25, -0.2) is 0 Å². The van der Waals surface area contributed by atoms with Crippen molar-refractivity contribution in [1.82, 2.24) is 10.3 Å². The summed E-state index contributed by atoms with van der Waals surface area (Å²) in [5.41, 5.74) is 1.58. The molecule has 0 aliphatic carbocycles. The summed E-state index contributed by atoms with van der Waals surface area (Å²) >= 11 is 6.11. The molecule has 0 unspecified atom stereocenters. The number of hydrogen-bond donors (Lipinski definition) is 2. The zero-order chi connectivity index (χ0) is 13.8. The van der Waals surface area contributed by atoms with Crippen molar-refractivity contribution < 1.29 is 4.79 Å². The fourth-order valence-corrected chi connectivity index (χ4v) is 2.04. The largest absolute Gasteiger partial charge is 0.374 e. The molecule has 0 spiro atoms. The van der Waals surface area contributed by atoms with Gasteiger partial charge in [0, 0.05) is 17.6 Å². The van der Waals surface area contributed by atoms with E-state index in [-0.39, 0.29) is 18.5 Å². The molecule has 19 heavy (non-hydrogen) atoms. The first-order valence-electron chi connectivity index (χ1n) is 6.14. The van der Waals surface area contributed by atoms with Gasteiger partial charge in [-0.1, -0.05) is 11.6 Å². The second-order valence-corrected chi connectivity index (χ2v) is 4.98. The van der Waals surface area contributed by atoms with Crippen molar-refractivity contribution in [2.45, 2.75) is 19.9 Å². The average molecular weight is 278 g/mol. The first kappa shape index (κ1) is 13.6. The van der Waals surface area contributed by atoms with E-state index in [1.807, 2.05) is 32.0 Å². The summed E-state index contributed by atoms with van der Waals surface area (Å²) in [5, 5.41) is 7.44. The molecule has 1 aromatic carbocycles. The van der Waals surface area contributed by atoms with Gasteiger partial charge in [-0.3, -0.25) is 9.78 Å². The van der Waals surface area contributed by atoms with Crippen molar-refractivity contribution in [3.05, 3.63) is 35.5 Å². The molecule has 1 heterocycles. The minimum Gasteiger partial charge on any atom is -0.374 e. The second kappa shape index (κ2) is 5.89. The van der Waals surface area contributed by atoms with Crippen LogP contribution in [-0.2, 0) is 4.79 Å². The van der Waals surface area contributed by atoms with Crippen molar-refractivity contribution >= 4 is 34.1 Å². The van der Waals surface area contributed by atoms with Crippen LogP contribution in [0.25, 0.3) is 10.9 Å². The third kappa shape index (κ3) is 3.35. The number of carbonyl (C=O) groups is 1. The second-order valence-electron chi connectivity index (χ2n) is 4.57. The van der Waals surface area contributed by atoms with Gasteiger partial charge in [0.15, 0.2) is 0 Å². The molecule has 0 saturated carbocycles. The molecule has 0 bridgehead atoms. The van der Waals surface area contributed by atoms with E-state index in [0.29, 0.717) is 5.02 Å². The summed E-state index contributed by atoms with van der Waals surface area (Å²) in [5.74, 6) is -0.0472. The standard InChI is InChI=1S/C14H16ClN3O/c1-9(2)18-13(19)8-17-12-6-5-11(15)10-4-3-7-16-14(10)12/h3-7,9,17H,8H2,1-2H3,(H,18,19). The number of rotatable bonds is 4. The van der Waals surface area contributed by atoms with Crippen LogP contribution in [0.5, 0.6) is 0 Å². The van der Waals surface area contributed by atoms with E-state index in [1.54, 1.807) is 12.3 Å². The fraction of sp³-hybridized carbons (Fsp3) is 0.286. The molecule has 1 aromatic heterocycles. The van der Waals surface area contributed by atoms with E-state index in [2.05, 4.69) is 15.6 Å². The number of carbonyl (C=O) groups excluding carboxylic acids is 1. The number of anilines is 1. The van der Waals surface area contributed by atoms with E-state index in [1.165, 1.54) is 0 Å². The highest BCUT2D eigenvalue weighted by Crippen LogP contribution is 2.27. The number of halogens is 1. The van der Waals surface area contributed by atoms with Crippen LogP contribution in [0.15, 0.2) is 30.5 Å². The normalized spacial score (nSPS) is 10.7. The van der Waals surface area contributed by atoms with E-state index >= 15 is 0 Å². The first-order chi connectivity index (χ1) is 9.08. The Balaban J connectivity index is 2.17. The number of fused-ring (bicyclic) bond motifs is 1. The quantitative estimate of drug-likeness (QED) is 0.904. The third-order valence-corrected chi connectivity index (χ3v) is 2.94. The Morgan fingerprint density at radius 3 is 2.89 bits per heavy atom. The smallest absolute Gasteiger partial charge is 0.239 e. The number of nitrogens with zero attached hydrogens (tertiary/aromatic N) is 1. The molecular weight excluding hydrogens is 262 g/mol. The average Bonchev–Trinajstić information content (AvgIpc) is 2.37. The number of aromatic nitrogens is 1. The number of pyridine rings is 1. The lowest BCUT2D eigenvalue weighted by Gasteiger charge is -2.11. The van der Waals surface area contributed by atoms with Crippen molar-refractivity contribution in [2.24, 2.45) is 0 Å². The van der Waals surface area contributed by atoms with Crippen LogP contribution in [0.3, 0.4) is 0 Å². The van der Waals surface area contributed by atoms with Crippen molar-refractivity contribution in [1.29, 1.82) is 0 Å². The summed E-state index contributed by atoms with van der Waals surface area (Å²) in [6.45, 7) is 4.07. The Morgan fingerprint density at radius 1 is 1.37 bits per heavy atom. The molecule has 2 rings (SSSR count). The summed E-state index contributed by atoms with van der Waals surface area (Å²) in [6.07, 6.45) is 1.71. The molecule has 4 nitrogen and oxygen atoms in total. The van der Waals surface area contributed by atoms with Gasteiger partial charge in [0.25, 0.3) is 0 Å². The lowest BCUT2D eigenvalue weighted by atomic mass is 10.2. The third-order valence-electron chi connectivity index (χ3n) is 2.61. The van der Waals surface area contributed by atoms with Gasteiger partial charge in [0.05, 0.1) is 22.8 Å². The van der Waals surface area contributed by atoms with Gasteiger partial charge in [0.2, 0.25) is 5.91 Å². The first-order valence-corrected chi connectivity index (χ1v) is 6.52. The Bertz CT molecular complexity index is 598. The van der Waals surface area contributed by atoms with Gasteiger partial charge in [-0.15, -0.1) is 0 Å². The monoisotopic (exact) mass is 277 g/mol. The predicted octanol–water partition coefficient (Wildman–Crippen LogP) is 2.82. The number of nitrogens with one attached hydrogen (secondary N) is 2. The Kier molecular flexibility index (Phi) is 4.22. The van der Waals surface area contributed by atoms with Gasteiger partial charge < -0.3 is 10.6 Å². The minimum atomic E-state index is -0.0472. The number of amides is 1. The Morgan fingerprint density at radius 2 is 2.16 bits per heavy atom. The SMILES string of the molecule is CC(C)NC(=O)CNc1ccc(Cl)c2cccnc12. The summed E-state index contributed by atoms with van der Waals surface area (Å²) in [6, 6.07) is 7.51. The molecule has 0 radical (unpaired) electrons. The van der Waals surface area contributed by atoms with Crippen LogP contribution in [0.2, 0.25) is 5.02 Å². The molecule has 0 aliphatic rings. The fourth-order valence-electron chi connectivity index (χ4n) is 1.83. The molecular formula is C14H16ClN3O. The maximum Gasteiger partial charge on any atom is 0.239 e. The Labute approximate surface area is 117 Å². The molecule has 5 heteroatoms. The molecule has 100 valence electrons. The number of benzene rings is 1. The predicted molar refractivity (Wildman–Crippen MR) is 78.5 cm³/mol. The topological polar surface area (TPSA) is 54.0 Å². The van der Waals surface area contributed by atoms with Crippen LogP contribution in [0.1, 0.15) is 13.8 Å². The molecule has 0 aliphatic heterocycles. The lowest BCUT2D eigenvalue weighted by molar-refractivity contribution is -0.119. The van der Waals surface area contributed by atoms with E-state index in [0.717, 1.165) is 16.6 Å². The number of hydrogen-bond acceptors (Lipinski definition) is 3. The summed E-state index contributed by atoms with van der Waals surface area (Å²) < 4.78 is 0. The molecule has 0 atom stereocenters. The van der Waals surface area contributed by atoms with Gasteiger partial charge in [-0.05, 0) is 38.1 Å². The van der Waals surface area contributed by atoms with Crippen molar-refractivity contribution in [3.8, 4) is 0 Å². The Hall–Kier alpha value is -1.81. The van der Waals surface area contributed by atoms with Gasteiger partial charge in [-0.2, -0.15) is 0 Å². The summed E-state index contributed by atoms with van der Waals surface area (Å²) in [4.78, 5) is 15.9. The van der Waals surface area contributed by atoms with Crippen molar-refractivity contribution in [2.75, 3.05) is 11.9 Å². The highest BCUT2D eigenvalue weighted by molar-refractivity contribution is 6.35. The van der Waals surface area contributed by atoms with Crippen molar-refractivity contribution in [3.63, 3.8) is 0 Å². The molecule has 0 fully saturated rings.